The Bertz CT molecular complexity index is 609. The maximum absolute atomic E-state index is 12.0. The topological polar surface area (TPSA) is 211 Å². The van der Waals surface area contributed by atoms with E-state index in [1.807, 2.05) is 0 Å². The first-order valence-electron chi connectivity index (χ1n) is 11.8. The van der Waals surface area contributed by atoms with Crippen LogP contribution in [0.4, 0.5) is 19.2 Å². The van der Waals surface area contributed by atoms with Gasteiger partial charge in [-0.3, -0.25) is 0 Å². The highest BCUT2D eigenvalue weighted by Gasteiger charge is 2.25. The number of nitrogens with two attached hydrogens (primary N) is 2. The summed E-state index contributed by atoms with van der Waals surface area (Å²) >= 11 is 0. The molecule has 0 aliphatic heterocycles. The molecule has 0 aromatic rings. The Labute approximate surface area is 198 Å². The van der Waals surface area contributed by atoms with Crippen LogP contribution >= 0.6 is 0 Å². The van der Waals surface area contributed by atoms with Crippen LogP contribution in [-0.4, -0.2) is 61.5 Å². The van der Waals surface area contributed by atoms with Gasteiger partial charge in [-0.15, -0.1) is 0 Å². The van der Waals surface area contributed by atoms with E-state index in [1.54, 1.807) is 0 Å². The summed E-state index contributed by atoms with van der Waals surface area (Å²) in [6, 6.07) is -0.274. The second-order valence-corrected chi connectivity index (χ2v) is 8.70. The van der Waals surface area contributed by atoms with E-state index in [9.17, 15) is 19.2 Å². The number of carbonyl (C=O) groups is 4. The molecule has 2 saturated carbocycles. The zero-order valence-electron chi connectivity index (χ0n) is 19.4. The average Bonchev–Trinajstić information content (AvgIpc) is 2.83. The number of rotatable bonds is 9. The summed E-state index contributed by atoms with van der Waals surface area (Å²) in [4.78, 5) is 54.5. The molecule has 0 aromatic carbocycles. The Kier molecular flexibility index (Phi) is 12.0. The fourth-order valence-electron chi connectivity index (χ4n) is 4.29. The number of carbonyl (C=O) groups excluding carboxylic acids is 4. The van der Waals surface area contributed by atoms with E-state index in [1.165, 1.54) is 0 Å². The molecule has 14 nitrogen and oxygen atoms in total. The van der Waals surface area contributed by atoms with Crippen LogP contribution in [0.15, 0.2) is 0 Å². The number of unbranched alkanes of at least 4 members (excludes halogenated alkanes) is 1. The van der Waals surface area contributed by atoms with Gasteiger partial charge in [0.15, 0.2) is 0 Å². The van der Waals surface area contributed by atoms with Gasteiger partial charge >= 0.3 is 24.2 Å². The van der Waals surface area contributed by atoms with Crippen LogP contribution in [-0.2, 0) is 9.68 Å². The smallest absolute Gasteiger partial charge is 0.357 e. The zero-order chi connectivity index (χ0) is 24.8. The van der Waals surface area contributed by atoms with Gasteiger partial charge < -0.3 is 41.6 Å². The van der Waals surface area contributed by atoms with Crippen LogP contribution in [0.3, 0.4) is 0 Å². The van der Waals surface area contributed by atoms with Gasteiger partial charge in [0.05, 0.1) is 0 Å². The standard InChI is InChI=1S/C20H38N8O6/c21-33-19(31)27-15-7-3-13(4-8-15)25-17(29)23-11-1-2-12-24-18(30)26-14-5-9-16(10-6-14)28-20(32)34-22/h13-16H,1-12,21-22H2,(H,27,31)(H,28,32)(H2,23,25,29)(H2,24,26,30). The first-order valence-corrected chi connectivity index (χ1v) is 11.8. The van der Waals surface area contributed by atoms with Gasteiger partial charge in [0.2, 0.25) is 0 Å². The van der Waals surface area contributed by atoms with Crippen LogP contribution in [0, 0.1) is 0 Å². The third-order valence-electron chi connectivity index (χ3n) is 6.16. The molecule has 0 radical (unpaired) electrons. The number of urea groups is 2. The van der Waals surface area contributed by atoms with Gasteiger partial charge in [-0.2, -0.15) is 11.8 Å². The number of hydrogen-bond donors (Lipinski definition) is 8. The zero-order valence-corrected chi connectivity index (χ0v) is 19.4. The summed E-state index contributed by atoms with van der Waals surface area (Å²) in [7, 11) is 0. The Morgan fingerprint density at radius 3 is 1.15 bits per heavy atom. The average molecular weight is 487 g/mol. The van der Waals surface area contributed by atoms with Crippen LogP contribution in [0.2, 0.25) is 0 Å². The normalized spacial score (nSPS) is 24.2. The predicted octanol–water partition coefficient (Wildman–Crippen LogP) is 0.187. The molecular formula is C20H38N8O6. The largest absolute Gasteiger partial charge is 0.426 e. The molecule has 2 aliphatic carbocycles. The molecule has 0 heterocycles. The highest BCUT2D eigenvalue weighted by atomic mass is 16.7. The fourth-order valence-corrected chi connectivity index (χ4v) is 4.29. The van der Waals surface area contributed by atoms with Gasteiger partial charge in [-0.05, 0) is 64.2 Å². The Hall–Kier alpha value is -3.00. The van der Waals surface area contributed by atoms with Gasteiger partial charge in [0.25, 0.3) is 0 Å². The van der Waals surface area contributed by atoms with E-state index in [2.05, 4.69) is 41.6 Å². The first-order chi connectivity index (χ1) is 16.4. The van der Waals surface area contributed by atoms with Crippen molar-refractivity contribution in [3.8, 4) is 0 Å². The molecule has 10 N–H and O–H groups in total. The second kappa shape index (κ2) is 15.0. The Morgan fingerprint density at radius 2 is 0.853 bits per heavy atom. The lowest BCUT2D eigenvalue weighted by Crippen LogP contribution is -2.47. The minimum atomic E-state index is -0.644. The van der Waals surface area contributed by atoms with Crippen LogP contribution in [0.25, 0.3) is 0 Å². The summed E-state index contributed by atoms with van der Waals surface area (Å²) in [6.45, 7) is 1.02. The maximum Gasteiger partial charge on any atom is 0.426 e. The van der Waals surface area contributed by atoms with Crippen molar-refractivity contribution in [1.29, 1.82) is 0 Å². The third-order valence-corrected chi connectivity index (χ3v) is 6.16. The second-order valence-electron chi connectivity index (χ2n) is 8.70. The van der Waals surface area contributed by atoms with Crippen molar-refractivity contribution >= 4 is 24.2 Å². The van der Waals surface area contributed by atoms with Crippen molar-refractivity contribution in [2.45, 2.75) is 88.4 Å². The highest BCUT2D eigenvalue weighted by Crippen LogP contribution is 2.19. The van der Waals surface area contributed by atoms with Gasteiger partial charge in [-0.1, -0.05) is 0 Å². The molecule has 6 amide bonds. The fraction of sp³-hybridized carbons (Fsp3) is 0.800. The summed E-state index contributed by atoms with van der Waals surface area (Å²) in [5.74, 6) is 9.63. The SMILES string of the molecule is NOC(=O)NC1CCC(NC(=O)NCCCCNC(=O)NC2CCC(NC(=O)ON)CC2)CC1. The summed E-state index contributed by atoms with van der Waals surface area (Å²) < 4.78 is 0. The van der Waals surface area contributed by atoms with Crippen molar-refractivity contribution in [3.05, 3.63) is 0 Å². The number of hydrogen-bond acceptors (Lipinski definition) is 8. The van der Waals surface area contributed by atoms with Crippen LogP contribution < -0.4 is 43.7 Å². The third kappa shape index (κ3) is 10.7. The molecule has 194 valence electrons. The summed E-state index contributed by atoms with van der Waals surface area (Å²) in [6.07, 6.45) is 6.22. The quantitative estimate of drug-likeness (QED) is 0.166. The number of amides is 6. The summed E-state index contributed by atoms with van der Waals surface area (Å²) in [5.41, 5.74) is 0. The predicted molar refractivity (Wildman–Crippen MR) is 122 cm³/mol. The van der Waals surface area contributed by atoms with Crippen molar-refractivity contribution in [2.24, 2.45) is 11.8 Å². The minimum Gasteiger partial charge on any atom is -0.357 e. The van der Waals surface area contributed by atoms with Crippen molar-refractivity contribution in [2.75, 3.05) is 13.1 Å². The Morgan fingerprint density at radius 1 is 0.559 bits per heavy atom. The molecular weight excluding hydrogens is 448 g/mol. The molecule has 14 heteroatoms. The first kappa shape index (κ1) is 27.2. The molecule has 0 unspecified atom stereocenters. The van der Waals surface area contributed by atoms with Crippen molar-refractivity contribution < 1.29 is 28.9 Å². The van der Waals surface area contributed by atoms with E-state index in [0.29, 0.717) is 13.1 Å². The van der Waals surface area contributed by atoms with Gasteiger partial charge in [0, 0.05) is 37.3 Å². The molecule has 2 fully saturated rings. The van der Waals surface area contributed by atoms with E-state index >= 15 is 0 Å². The van der Waals surface area contributed by atoms with E-state index < -0.39 is 12.2 Å². The highest BCUT2D eigenvalue weighted by molar-refractivity contribution is 5.74. The molecule has 0 atom stereocenters. The lowest BCUT2D eigenvalue weighted by molar-refractivity contribution is 0.139. The Balaban J connectivity index is 1.44. The van der Waals surface area contributed by atoms with Gasteiger partial charge in [-0.25, -0.2) is 19.2 Å². The van der Waals surface area contributed by atoms with E-state index in [0.717, 1.165) is 64.2 Å². The number of nitrogens with one attached hydrogen (secondary N) is 6. The lowest BCUT2D eigenvalue weighted by atomic mass is 9.91. The molecule has 0 spiro atoms. The molecule has 0 aromatic heterocycles. The molecule has 2 rings (SSSR count). The van der Waals surface area contributed by atoms with E-state index in [-0.39, 0.29) is 36.2 Å². The monoisotopic (exact) mass is 486 g/mol. The van der Waals surface area contributed by atoms with Crippen LogP contribution in [0.1, 0.15) is 64.2 Å². The van der Waals surface area contributed by atoms with Crippen molar-refractivity contribution in [1.82, 2.24) is 31.9 Å². The molecule has 2 aliphatic rings. The maximum atomic E-state index is 12.0. The van der Waals surface area contributed by atoms with E-state index in [4.69, 9.17) is 11.8 Å². The summed E-state index contributed by atoms with van der Waals surface area (Å²) in [5, 5.41) is 16.9. The minimum absolute atomic E-state index is 0.0102. The van der Waals surface area contributed by atoms with Gasteiger partial charge in [0.1, 0.15) is 0 Å². The molecule has 0 saturated heterocycles. The molecule has 34 heavy (non-hydrogen) atoms. The molecule has 0 bridgehead atoms. The van der Waals surface area contributed by atoms with Crippen molar-refractivity contribution in [3.63, 3.8) is 0 Å². The van der Waals surface area contributed by atoms with Crippen LogP contribution in [0.5, 0.6) is 0 Å². The lowest BCUT2D eigenvalue weighted by Gasteiger charge is -2.29.